The summed E-state index contributed by atoms with van der Waals surface area (Å²) < 4.78 is 24.0. The minimum Gasteiger partial charge on any atom is -0.459 e. The standard InChI is InChI=1S/C24H41NO5/c1-8-16(4)17(5)25-13-20(26)29-18-11-12-24(14-28-24)22(21(18)27-7)23(6)19(30-23)10-9-15(2)3/h9,16-19,21-22,25H,8,10-14H2,1-7H3/t16?,17?,18-,19?,21-,22-,23+,24+/m1/s1. The number of methoxy groups -OCH3 is 1. The van der Waals surface area contributed by atoms with Gasteiger partial charge in [0.1, 0.15) is 23.4 Å². The summed E-state index contributed by atoms with van der Waals surface area (Å²) in [7, 11) is 1.71. The van der Waals surface area contributed by atoms with Gasteiger partial charge < -0.3 is 24.3 Å². The van der Waals surface area contributed by atoms with Crippen molar-refractivity contribution in [3.63, 3.8) is 0 Å². The Morgan fingerprint density at radius 1 is 1.33 bits per heavy atom. The van der Waals surface area contributed by atoms with Crippen molar-refractivity contribution in [1.29, 1.82) is 0 Å². The van der Waals surface area contributed by atoms with Gasteiger partial charge in [-0.25, -0.2) is 0 Å². The largest absolute Gasteiger partial charge is 0.459 e. The third-order valence-corrected chi connectivity index (χ3v) is 7.59. The quantitative estimate of drug-likeness (QED) is 0.329. The highest BCUT2D eigenvalue weighted by Crippen LogP contribution is 2.59. The first-order chi connectivity index (χ1) is 14.2. The number of nitrogens with one attached hydrogen (secondary N) is 1. The van der Waals surface area contributed by atoms with Crippen LogP contribution in [0.3, 0.4) is 0 Å². The molecule has 0 radical (unpaired) electrons. The van der Waals surface area contributed by atoms with Crippen LogP contribution in [0.5, 0.6) is 0 Å². The van der Waals surface area contributed by atoms with Crippen LogP contribution in [-0.2, 0) is 23.7 Å². The van der Waals surface area contributed by atoms with Gasteiger partial charge in [0, 0.05) is 13.2 Å². The number of carbonyl (C=O) groups excluding carboxylic acids is 1. The van der Waals surface area contributed by atoms with Crippen molar-refractivity contribution in [2.75, 3.05) is 20.3 Å². The Bertz CT molecular complexity index is 642. The molecule has 6 nitrogen and oxygen atoms in total. The second-order valence-corrected chi connectivity index (χ2v) is 9.96. The first-order valence-corrected chi connectivity index (χ1v) is 11.6. The molecular formula is C24H41NO5. The van der Waals surface area contributed by atoms with Crippen LogP contribution < -0.4 is 5.32 Å². The van der Waals surface area contributed by atoms with Gasteiger partial charge in [0.25, 0.3) is 0 Å². The van der Waals surface area contributed by atoms with E-state index < -0.39 is 0 Å². The summed E-state index contributed by atoms with van der Waals surface area (Å²) in [4.78, 5) is 12.6. The van der Waals surface area contributed by atoms with Gasteiger partial charge in [0.2, 0.25) is 0 Å². The summed E-state index contributed by atoms with van der Waals surface area (Å²) in [6, 6.07) is 0.276. The van der Waals surface area contributed by atoms with Crippen LogP contribution in [0.2, 0.25) is 0 Å². The molecule has 0 bridgehead atoms. The molecule has 3 fully saturated rings. The summed E-state index contributed by atoms with van der Waals surface area (Å²) in [5.41, 5.74) is 0.793. The molecule has 0 aromatic carbocycles. The number of hydrogen-bond donors (Lipinski definition) is 1. The number of esters is 1. The molecule has 1 spiro atoms. The molecule has 0 aromatic rings. The molecule has 3 rings (SSSR count). The van der Waals surface area contributed by atoms with Crippen molar-refractivity contribution < 1.29 is 23.7 Å². The predicted octanol–water partition coefficient (Wildman–Crippen LogP) is 3.63. The fraction of sp³-hybridized carbons (Fsp3) is 0.875. The summed E-state index contributed by atoms with van der Waals surface area (Å²) >= 11 is 0. The van der Waals surface area contributed by atoms with E-state index in [1.807, 2.05) is 0 Å². The van der Waals surface area contributed by atoms with Crippen molar-refractivity contribution in [3.05, 3.63) is 11.6 Å². The molecule has 0 aromatic heterocycles. The Balaban J connectivity index is 1.64. The molecular weight excluding hydrogens is 382 g/mol. The molecule has 3 aliphatic rings. The average Bonchev–Trinajstić information content (AvgIpc) is 3.62. The molecule has 3 unspecified atom stereocenters. The number of allylic oxidation sites excluding steroid dienone is 1. The monoisotopic (exact) mass is 423 g/mol. The first-order valence-electron chi connectivity index (χ1n) is 11.6. The van der Waals surface area contributed by atoms with Crippen LogP contribution in [0.1, 0.15) is 67.2 Å². The van der Waals surface area contributed by atoms with Gasteiger partial charge in [0.05, 0.1) is 25.2 Å². The molecule has 172 valence electrons. The molecule has 1 N–H and O–H groups in total. The van der Waals surface area contributed by atoms with E-state index in [9.17, 15) is 4.79 Å². The fourth-order valence-corrected chi connectivity index (χ4v) is 5.08. The lowest BCUT2D eigenvalue weighted by molar-refractivity contribution is -0.171. The van der Waals surface area contributed by atoms with Gasteiger partial charge in [-0.05, 0) is 52.9 Å². The Morgan fingerprint density at radius 2 is 2.03 bits per heavy atom. The Hall–Kier alpha value is -0.950. The maximum absolute atomic E-state index is 12.6. The smallest absolute Gasteiger partial charge is 0.320 e. The topological polar surface area (TPSA) is 72.6 Å². The van der Waals surface area contributed by atoms with Gasteiger partial charge in [0.15, 0.2) is 0 Å². The molecule has 30 heavy (non-hydrogen) atoms. The first kappa shape index (κ1) is 23.7. The van der Waals surface area contributed by atoms with E-state index in [-0.39, 0.29) is 54.0 Å². The molecule has 1 aliphatic carbocycles. The van der Waals surface area contributed by atoms with Crippen LogP contribution in [-0.4, -0.2) is 61.8 Å². The van der Waals surface area contributed by atoms with Crippen molar-refractivity contribution in [1.82, 2.24) is 5.32 Å². The minimum absolute atomic E-state index is 0.0594. The van der Waals surface area contributed by atoms with E-state index in [2.05, 4.69) is 52.9 Å². The average molecular weight is 424 g/mol. The second kappa shape index (κ2) is 9.27. The van der Waals surface area contributed by atoms with Gasteiger partial charge in [-0.1, -0.05) is 31.9 Å². The third-order valence-electron chi connectivity index (χ3n) is 7.59. The molecule has 2 heterocycles. The second-order valence-electron chi connectivity index (χ2n) is 9.96. The SMILES string of the molecule is CCC(C)C(C)NCC(=O)O[C@@H]1CC[C@]2(CO2)[C@@H]([C@@]2(C)OC2CC=C(C)C)[C@@H]1OC. The van der Waals surface area contributed by atoms with Crippen LogP contribution in [0.4, 0.5) is 0 Å². The van der Waals surface area contributed by atoms with Gasteiger partial charge in [-0.3, -0.25) is 4.79 Å². The molecule has 8 atom stereocenters. The van der Waals surface area contributed by atoms with Gasteiger partial charge in [-0.2, -0.15) is 0 Å². The number of hydrogen-bond acceptors (Lipinski definition) is 6. The fourth-order valence-electron chi connectivity index (χ4n) is 5.08. The Morgan fingerprint density at radius 3 is 2.60 bits per heavy atom. The Kier molecular flexibility index (Phi) is 7.33. The summed E-state index contributed by atoms with van der Waals surface area (Å²) in [6.45, 7) is 13.8. The van der Waals surface area contributed by atoms with E-state index in [0.29, 0.717) is 5.92 Å². The van der Waals surface area contributed by atoms with Crippen molar-refractivity contribution in [2.24, 2.45) is 11.8 Å². The minimum atomic E-state index is -0.308. The lowest BCUT2D eigenvalue weighted by Gasteiger charge is -2.42. The van der Waals surface area contributed by atoms with Crippen LogP contribution >= 0.6 is 0 Å². The van der Waals surface area contributed by atoms with Gasteiger partial charge in [-0.15, -0.1) is 0 Å². The highest BCUT2D eigenvalue weighted by atomic mass is 16.6. The van der Waals surface area contributed by atoms with Crippen molar-refractivity contribution in [3.8, 4) is 0 Å². The number of ether oxygens (including phenoxy) is 4. The zero-order valence-electron chi connectivity index (χ0n) is 19.8. The van der Waals surface area contributed by atoms with E-state index in [0.717, 1.165) is 32.3 Å². The molecule has 6 heteroatoms. The van der Waals surface area contributed by atoms with Crippen LogP contribution in [0.25, 0.3) is 0 Å². The van der Waals surface area contributed by atoms with Crippen LogP contribution in [0, 0.1) is 11.8 Å². The molecule has 2 aliphatic heterocycles. The lowest BCUT2D eigenvalue weighted by Crippen LogP contribution is -2.56. The third kappa shape index (κ3) is 4.93. The normalized spacial score (nSPS) is 39.3. The van der Waals surface area contributed by atoms with Crippen molar-refractivity contribution in [2.45, 2.75) is 103 Å². The maximum atomic E-state index is 12.6. The van der Waals surface area contributed by atoms with E-state index in [4.69, 9.17) is 18.9 Å². The van der Waals surface area contributed by atoms with E-state index >= 15 is 0 Å². The Labute approximate surface area is 182 Å². The van der Waals surface area contributed by atoms with Crippen molar-refractivity contribution >= 4 is 5.97 Å². The highest BCUT2D eigenvalue weighted by Gasteiger charge is 2.72. The van der Waals surface area contributed by atoms with E-state index in [1.165, 1.54) is 5.57 Å². The lowest BCUT2D eigenvalue weighted by atomic mass is 9.68. The number of epoxide rings is 2. The molecule has 0 amide bonds. The zero-order valence-corrected chi connectivity index (χ0v) is 19.8. The predicted molar refractivity (Wildman–Crippen MR) is 116 cm³/mol. The molecule has 1 saturated carbocycles. The number of rotatable bonds is 10. The van der Waals surface area contributed by atoms with Crippen LogP contribution in [0.15, 0.2) is 11.6 Å². The van der Waals surface area contributed by atoms with Gasteiger partial charge >= 0.3 is 5.97 Å². The summed E-state index contributed by atoms with van der Waals surface area (Å²) in [5.74, 6) is 0.357. The summed E-state index contributed by atoms with van der Waals surface area (Å²) in [6.07, 6.45) is 5.49. The highest BCUT2D eigenvalue weighted by molar-refractivity contribution is 5.72. The maximum Gasteiger partial charge on any atom is 0.320 e. The zero-order chi connectivity index (χ0) is 22.1. The summed E-state index contributed by atoms with van der Waals surface area (Å²) in [5, 5.41) is 3.30. The number of carbonyl (C=O) groups is 1. The molecule has 2 saturated heterocycles. The van der Waals surface area contributed by atoms with E-state index in [1.54, 1.807) is 7.11 Å².